The van der Waals surface area contributed by atoms with Gasteiger partial charge in [0.25, 0.3) is 0 Å². The minimum Gasteiger partial charge on any atom is -0.369 e. The number of allylic oxidation sites excluding steroid dienone is 1. The van der Waals surface area contributed by atoms with Gasteiger partial charge in [-0.1, -0.05) is 25.1 Å². The van der Waals surface area contributed by atoms with Crippen LogP contribution >= 0.6 is 11.3 Å². The van der Waals surface area contributed by atoms with E-state index in [1.54, 1.807) is 17.4 Å². The molecule has 4 heterocycles. The normalized spacial score (nSPS) is 27.2. The first kappa shape index (κ1) is 26.8. The summed E-state index contributed by atoms with van der Waals surface area (Å²) in [5.41, 5.74) is 8.20. The number of carbonyl (C=O) groups excluding carboxylic acids is 1. The summed E-state index contributed by atoms with van der Waals surface area (Å²) < 4.78 is 16.4. The van der Waals surface area contributed by atoms with Crippen LogP contribution in [0.1, 0.15) is 50.4 Å². The lowest BCUT2D eigenvalue weighted by Gasteiger charge is -2.42. The lowest BCUT2D eigenvalue weighted by atomic mass is 9.88. The van der Waals surface area contributed by atoms with E-state index in [1.807, 2.05) is 23.6 Å². The number of thiophene rings is 1. The number of nitrogens with one attached hydrogen (secondary N) is 1. The zero-order chi connectivity index (χ0) is 28.1. The molecule has 2 saturated heterocycles. The number of halogens is 1. The lowest BCUT2D eigenvalue weighted by molar-refractivity contribution is -0.122. The Kier molecular flexibility index (Phi) is 7.19. The van der Waals surface area contributed by atoms with Crippen LogP contribution in [0, 0.1) is 29.5 Å². The molecule has 2 aliphatic carbocycles. The van der Waals surface area contributed by atoms with Crippen LogP contribution < -0.4 is 16.0 Å². The lowest BCUT2D eigenvalue weighted by Crippen LogP contribution is -2.47. The van der Waals surface area contributed by atoms with E-state index in [-0.39, 0.29) is 35.5 Å². The van der Waals surface area contributed by atoms with Gasteiger partial charge < -0.3 is 20.9 Å². The Hall–Kier alpha value is -3.04. The van der Waals surface area contributed by atoms with Gasteiger partial charge in [-0.05, 0) is 92.1 Å². The van der Waals surface area contributed by atoms with Gasteiger partial charge in [0.1, 0.15) is 17.5 Å². The molecule has 1 aromatic carbocycles. The molecule has 41 heavy (non-hydrogen) atoms. The van der Waals surface area contributed by atoms with Crippen molar-refractivity contribution in [2.45, 2.75) is 57.5 Å². The maximum Gasteiger partial charge on any atom is 0.223 e. The molecule has 2 aliphatic heterocycles. The van der Waals surface area contributed by atoms with Crippen LogP contribution in [0.4, 0.5) is 15.9 Å². The molecule has 2 aromatic heterocycles. The number of hydrogen-bond acceptors (Lipinski definition) is 7. The smallest absolute Gasteiger partial charge is 0.223 e. The zero-order valence-corrected chi connectivity index (χ0v) is 24.5. The first-order valence-corrected chi connectivity index (χ1v) is 16.1. The second-order valence-corrected chi connectivity index (χ2v) is 13.5. The fraction of sp³-hybridized carbons (Fsp3) is 0.531. The molecule has 3 aromatic rings. The molecule has 0 spiro atoms. The van der Waals surface area contributed by atoms with Gasteiger partial charge in [-0.2, -0.15) is 0 Å². The number of aromatic nitrogens is 2. The standard InChI is InChI=1S/C32H39FN6OS/c1-19-6-11-38(12-7-19)23-8-13-39(14-9-23)26-5-2-20(16-24(26)33)17-27-35-25-10-15-41-30(25)32(36-27)37-29-22-4-3-21(18-22)28(29)31(34)40/h2-5,10,15-16,19,21-23,28-29H,6-9,11-14,17-18H2,1H3,(H2,34,40)(H,35,36,37). The summed E-state index contributed by atoms with van der Waals surface area (Å²) in [6.45, 7) is 6.55. The number of fused-ring (bicyclic) bond motifs is 3. The maximum atomic E-state index is 15.4. The number of primary amides is 1. The Balaban J connectivity index is 1.05. The largest absolute Gasteiger partial charge is 0.369 e. The van der Waals surface area contributed by atoms with Gasteiger partial charge in [0, 0.05) is 31.6 Å². The van der Waals surface area contributed by atoms with Gasteiger partial charge in [-0.25, -0.2) is 14.4 Å². The summed E-state index contributed by atoms with van der Waals surface area (Å²) >= 11 is 1.58. The number of likely N-dealkylation sites (tertiary alicyclic amines) is 1. The molecule has 3 fully saturated rings. The second kappa shape index (κ2) is 11.0. The molecular weight excluding hydrogens is 535 g/mol. The van der Waals surface area contributed by atoms with E-state index in [1.165, 1.54) is 25.9 Å². The minimum absolute atomic E-state index is 0.0742. The summed E-state index contributed by atoms with van der Waals surface area (Å²) in [6.07, 6.45) is 10.5. The number of nitrogens with two attached hydrogens (primary N) is 1. The zero-order valence-electron chi connectivity index (χ0n) is 23.6. The van der Waals surface area contributed by atoms with Crippen LogP contribution in [0.15, 0.2) is 41.8 Å². The predicted molar refractivity (Wildman–Crippen MR) is 163 cm³/mol. The molecule has 3 N–H and O–H groups in total. The molecule has 7 nitrogen and oxygen atoms in total. The summed E-state index contributed by atoms with van der Waals surface area (Å²) in [5.74, 6) is 1.98. The SMILES string of the molecule is CC1CCN(C2CCN(c3ccc(Cc4nc(NC5C6C=CC(C6)C5C(N)=O)c5sccc5n4)cc3F)CC2)CC1. The first-order valence-electron chi connectivity index (χ1n) is 15.2. The van der Waals surface area contributed by atoms with Gasteiger partial charge >= 0.3 is 0 Å². The first-order chi connectivity index (χ1) is 19.9. The Bertz CT molecular complexity index is 1460. The Morgan fingerprint density at radius 1 is 1.07 bits per heavy atom. The summed E-state index contributed by atoms with van der Waals surface area (Å²) in [4.78, 5) is 26.8. The number of amides is 1. The minimum atomic E-state index is -0.267. The molecule has 4 unspecified atom stereocenters. The van der Waals surface area contributed by atoms with E-state index in [9.17, 15) is 4.79 Å². The highest BCUT2D eigenvalue weighted by atomic mass is 32.1. The molecule has 0 radical (unpaired) electrons. The predicted octanol–water partition coefficient (Wildman–Crippen LogP) is 5.21. The highest BCUT2D eigenvalue weighted by Gasteiger charge is 2.47. The van der Waals surface area contributed by atoms with Crippen LogP contribution in [-0.4, -0.2) is 59.0 Å². The molecule has 4 atom stereocenters. The topological polar surface area (TPSA) is 87.4 Å². The number of carbonyl (C=O) groups is 1. The van der Waals surface area contributed by atoms with Gasteiger partial charge in [-0.3, -0.25) is 4.79 Å². The number of benzene rings is 1. The average Bonchev–Trinajstić information content (AvgIpc) is 3.71. The van der Waals surface area contributed by atoms with Gasteiger partial charge in [0.15, 0.2) is 0 Å². The molecule has 4 aliphatic rings. The fourth-order valence-electron chi connectivity index (χ4n) is 7.62. The number of nitrogens with zero attached hydrogens (tertiary/aromatic N) is 4. The van der Waals surface area contributed by atoms with E-state index < -0.39 is 0 Å². The molecule has 1 saturated carbocycles. The number of anilines is 2. The van der Waals surface area contributed by atoms with Crippen molar-refractivity contribution in [3.63, 3.8) is 0 Å². The quantitative estimate of drug-likeness (QED) is 0.377. The summed E-state index contributed by atoms with van der Waals surface area (Å²) in [6, 6.07) is 8.12. The Morgan fingerprint density at radius 2 is 1.85 bits per heavy atom. The highest BCUT2D eigenvalue weighted by molar-refractivity contribution is 7.17. The molecular formula is C32H39FN6OS. The van der Waals surface area contributed by atoms with E-state index in [0.717, 1.165) is 59.9 Å². The monoisotopic (exact) mass is 574 g/mol. The van der Waals surface area contributed by atoms with E-state index in [2.05, 4.69) is 34.2 Å². The van der Waals surface area contributed by atoms with E-state index in [0.29, 0.717) is 24.0 Å². The van der Waals surface area contributed by atoms with Crippen molar-refractivity contribution in [1.29, 1.82) is 0 Å². The average molecular weight is 575 g/mol. The van der Waals surface area contributed by atoms with Crippen LogP contribution in [-0.2, 0) is 11.2 Å². The van der Waals surface area contributed by atoms with Crippen molar-refractivity contribution in [3.8, 4) is 0 Å². The van der Waals surface area contributed by atoms with Crippen LogP contribution in [0.5, 0.6) is 0 Å². The number of hydrogen-bond donors (Lipinski definition) is 2. The van der Waals surface area contributed by atoms with Gasteiger partial charge in [0.2, 0.25) is 5.91 Å². The van der Waals surface area contributed by atoms with Crippen molar-refractivity contribution in [3.05, 3.63) is 59.0 Å². The van der Waals surface area contributed by atoms with Gasteiger partial charge in [-0.15, -0.1) is 11.3 Å². The van der Waals surface area contributed by atoms with Crippen molar-refractivity contribution >= 4 is 39.0 Å². The number of rotatable bonds is 7. The third-order valence-corrected chi connectivity index (χ3v) is 10.9. The highest BCUT2D eigenvalue weighted by Crippen LogP contribution is 2.45. The summed E-state index contributed by atoms with van der Waals surface area (Å²) in [7, 11) is 0. The van der Waals surface area contributed by atoms with Crippen LogP contribution in [0.2, 0.25) is 0 Å². The molecule has 2 bridgehead atoms. The van der Waals surface area contributed by atoms with Crippen LogP contribution in [0.25, 0.3) is 10.2 Å². The Morgan fingerprint density at radius 3 is 2.61 bits per heavy atom. The molecule has 9 heteroatoms. The van der Waals surface area contributed by atoms with Gasteiger partial charge in [0.05, 0.1) is 21.8 Å². The van der Waals surface area contributed by atoms with E-state index in [4.69, 9.17) is 15.7 Å². The molecule has 216 valence electrons. The molecule has 7 rings (SSSR count). The van der Waals surface area contributed by atoms with Crippen molar-refractivity contribution in [2.75, 3.05) is 36.4 Å². The van der Waals surface area contributed by atoms with Crippen molar-refractivity contribution < 1.29 is 9.18 Å². The van der Waals surface area contributed by atoms with Crippen molar-refractivity contribution in [1.82, 2.24) is 14.9 Å². The maximum absolute atomic E-state index is 15.4. The third kappa shape index (κ3) is 5.23. The number of piperidine rings is 2. The third-order valence-electron chi connectivity index (χ3n) is 9.96. The van der Waals surface area contributed by atoms with Crippen molar-refractivity contribution in [2.24, 2.45) is 29.4 Å². The summed E-state index contributed by atoms with van der Waals surface area (Å²) in [5, 5.41) is 5.58. The molecule has 1 amide bonds. The Labute approximate surface area is 245 Å². The second-order valence-electron chi connectivity index (χ2n) is 12.6. The van der Waals surface area contributed by atoms with Crippen LogP contribution in [0.3, 0.4) is 0 Å². The van der Waals surface area contributed by atoms with E-state index >= 15 is 4.39 Å². The fourth-order valence-corrected chi connectivity index (χ4v) is 8.40.